The first-order valence-corrected chi connectivity index (χ1v) is 6.18. The van der Waals surface area contributed by atoms with Crippen LogP contribution in [-0.4, -0.2) is 19.7 Å². The minimum absolute atomic E-state index is 0.218. The molecule has 3 heteroatoms. The number of benzene rings is 1. The van der Waals surface area contributed by atoms with Crippen LogP contribution in [-0.2, 0) is 6.42 Å². The van der Waals surface area contributed by atoms with Gasteiger partial charge in [0.2, 0.25) is 0 Å². The quantitative estimate of drug-likeness (QED) is 0.825. The minimum atomic E-state index is 0.218. The Hall–Kier alpha value is -0.730. The molecule has 1 unspecified atom stereocenters. The zero-order chi connectivity index (χ0) is 12.0. The molecule has 0 radical (unpaired) electrons. The Morgan fingerprint density at radius 1 is 1.38 bits per heavy atom. The normalized spacial score (nSPS) is 12.5. The van der Waals surface area contributed by atoms with E-state index in [4.69, 9.17) is 16.3 Å². The van der Waals surface area contributed by atoms with Gasteiger partial charge in [0.25, 0.3) is 0 Å². The van der Waals surface area contributed by atoms with Crippen LogP contribution in [0.2, 0.25) is 5.02 Å². The zero-order valence-corrected chi connectivity index (χ0v) is 11.0. The Bertz CT molecular complexity index is 328. The highest BCUT2D eigenvalue weighted by atomic mass is 35.5. The summed E-state index contributed by atoms with van der Waals surface area (Å²) in [6.07, 6.45) is 2.14. The molecule has 1 atom stereocenters. The molecule has 16 heavy (non-hydrogen) atoms. The fraction of sp³-hybridized carbons (Fsp3) is 0.538. The van der Waals surface area contributed by atoms with Gasteiger partial charge >= 0.3 is 0 Å². The predicted molar refractivity (Wildman–Crippen MR) is 69.5 cm³/mol. The van der Waals surface area contributed by atoms with Crippen LogP contribution < -0.4 is 10.1 Å². The van der Waals surface area contributed by atoms with E-state index >= 15 is 0 Å². The second-order valence-electron chi connectivity index (χ2n) is 3.81. The van der Waals surface area contributed by atoms with Crippen molar-refractivity contribution in [1.29, 1.82) is 0 Å². The number of likely N-dealkylation sites (N-methyl/N-ethyl adjacent to an activating group) is 1. The summed E-state index contributed by atoms with van der Waals surface area (Å²) >= 11 is 6.06. The summed E-state index contributed by atoms with van der Waals surface area (Å²) in [4.78, 5) is 0. The first-order chi connectivity index (χ1) is 7.71. The monoisotopic (exact) mass is 241 g/mol. The van der Waals surface area contributed by atoms with Gasteiger partial charge in [-0.25, -0.2) is 0 Å². The molecule has 0 saturated carbocycles. The van der Waals surface area contributed by atoms with Gasteiger partial charge < -0.3 is 10.1 Å². The lowest BCUT2D eigenvalue weighted by molar-refractivity contribution is 0.196. The highest BCUT2D eigenvalue weighted by Gasteiger charge is 2.08. The van der Waals surface area contributed by atoms with E-state index in [2.05, 4.69) is 19.2 Å². The molecular formula is C13H20ClNO. The van der Waals surface area contributed by atoms with Gasteiger partial charge in [0, 0.05) is 11.6 Å². The van der Waals surface area contributed by atoms with Gasteiger partial charge in [-0.2, -0.15) is 0 Å². The highest BCUT2D eigenvalue weighted by molar-refractivity contribution is 6.31. The molecule has 0 bridgehead atoms. The molecule has 0 fully saturated rings. The van der Waals surface area contributed by atoms with E-state index in [1.54, 1.807) is 0 Å². The third-order valence-electron chi connectivity index (χ3n) is 2.59. The van der Waals surface area contributed by atoms with Crippen molar-refractivity contribution in [2.24, 2.45) is 0 Å². The van der Waals surface area contributed by atoms with Crippen molar-refractivity contribution in [1.82, 2.24) is 5.32 Å². The first-order valence-electron chi connectivity index (χ1n) is 5.80. The third-order valence-corrected chi connectivity index (χ3v) is 2.96. The Morgan fingerprint density at radius 2 is 2.12 bits per heavy atom. The third kappa shape index (κ3) is 3.69. The molecule has 0 aliphatic carbocycles. The SMILES string of the molecule is CCc1cc(OC(CC)CNC)ccc1Cl. The van der Waals surface area contributed by atoms with Crippen LogP contribution in [0.1, 0.15) is 25.8 Å². The molecule has 0 saturated heterocycles. The van der Waals surface area contributed by atoms with Gasteiger partial charge in [-0.3, -0.25) is 0 Å². The molecule has 1 N–H and O–H groups in total. The van der Waals surface area contributed by atoms with Gasteiger partial charge in [0.15, 0.2) is 0 Å². The fourth-order valence-electron chi connectivity index (χ4n) is 1.58. The van der Waals surface area contributed by atoms with Gasteiger partial charge in [0.05, 0.1) is 0 Å². The number of nitrogens with one attached hydrogen (secondary N) is 1. The summed E-state index contributed by atoms with van der Waals surface area (Å²) < 4.78 is 5.88. The van der Waals surface area contributed by atoms with E-state index in [1.165, 1.54) is 0 Å². The second-order valence-corrected chi connectivity index (χ2v) is 4.22. The van der Waals surface area contributed by atoms with Crippen LogP contribution in [0.5, 0.6) is 5.75 Å². The number of ether oxygens (including phenoxy) is 1. The van der Waals surface area contributed by atoms with Crippen LogP contribution in [0.3, 0.4) is 0 Å². The molecule has 1 aromatic rings. The van der Waals surface area contributed by atoms with Crippen molar-refractivity contribution >= 4 is 11.6 Å². The van der Waals surface area contributed by atoms with Gasteiger partial charge in [-0.15, -0.1) is 0 Å². The number of hydrogen-bond acceptors (Lipinski definition) is 2. The van der Waals surface area contributed by atoms with Crippen molar-refractivity contribution in [3.8, 4) is 5.75 Å². The summed E-state index contributed by atoms with van der Waals surface area (Å²) in [5, 5.41) is 3.94. The first kappa shape index (κ1) is 13.3. The van der Waals surface area contributed by atoms with Crippen molar-refractivity contribution in [2.75, 3.05) is 13.6 Å². The Balaban J connectivity index is 2.72. The molecule has 2 nitrogen and oxygen atoms in total. The van der Waals surface area contributed by atoms with Crippen LogP contribution in [0.4, 0.5) is 0 Å². The molecule has 0 heterocycles. The van der Waals surface area contributed by atoms with Crippen molar-refractivity contribution in [3.05, 3.63) is 28.8 Å². The Kier molecular flexibility index (Phi) is 5.64. The summed E-state index contributed by atoms with van der Waals surface area (Å²) in [5.74, 6) is 0.906. The Morgan fingerprint density at radius 3 is 2.69 bits per heavy atom. The van der Waals surface area contributed by atoms with Crippen molar-refractivity contribution in [2.45, 2.75) is 32.8 Å². The average Bonchev–Trinajstić information content (AvgIpc) is 2.30. The maximum Gasteiger partial charge on any atom is 0.120 e. The predicted octanol–water partition coefficient (Wildman–Crippen LogP) is 3.28. The summed E-state index contributed by atoms with van der Waals surface area (Å²) in [6, 6.07) is 5.86. The van der Waals surface area contributed by atoms with Crippen molar-refractivity contribution in [3.63, 3.8) is 0 Å². The zero-order valence-electron chi connectivity index (χ0n) is 10.2. The maximum atomic E-state index is 6.06. The summed E-state index contributed by atoms with van der Waals surface area (Å²) in [7, 11) is 1.94. The molecule has 0 amide bonds. The topological polar surface area (TPSA) is 21.3 Å². The van der Waals surface area contributed by atoms with Crippen LogP contribution in [0.25, 0.3) is 0 Å². The van der Waals surface area contributed by atoms with Crippen LogP contribution >= 0.6 is 11.6 Å². The summed E-state index contributed by atoms with van der Waals surface area (Å²) in [6.45, 7) is 5.08. The van der Waals surface area contributed by atoms with E-state index < -0.39 is 0 Å². The number of hydrogen-bond donors (Lipinski definition) is 1. The van der Waals surface area contributed by atoms with Crippen molar-refractivity contribution < 1.29 is 4.74 Å². The standard InChI is InChI=1S/C13H20ClNO/c1-4-10-8-12(6-7-13(10)14)16-11(5-2)9-15-3/h6-8,11,15H,4-5,9H2,1-3H3. The summed E-state index contributed by atoms with van der Waals surface area (Å²) in [5.41, 5.74) is 1.14. The van der Waals surface area contributed by atoms with Gasteiger partial charge in [0.1, 0.15) is 11.9 Å². The largest absolute Gasteiger partial charge is 0.489 e. The second kappa shape index (κ2) is 6.77. The molecule has 1 rings (SSSR count). The lowest BCUT2D eigenvalue weighted by Gasteiger charge is -2.17. The molecule has 90 valence electrons. The molecular weight excluding hydrogens is 222 g/mol. The van der Waals surface area contributed by atoms with E-state index in [-0.39, 0.29) is 6.10 Å². The van der Waals surface area contributed by atoms with Gasteiger partial charge in [-0.05, 0) is 43.7 Å². The number of aryl methyl sites for hydroxylation is 1. The molecule has 0 aliphatic heterocycles. The molecule has 0 aromatic heterocycles. The maximum absolute atomic E-state index is 6.06. The van der Waals surface area contributed by atoms with Crippen LogP contribution in [0.15, 0.2) is 18.2 Å². The lowest BCUT2D eigenvalue weighted by atomic mass is 10.1. The van der Waals surface area contributed by atoms with E-state index in [1.807, 2.05) is 25.2 Å². The van der Waals surface area contributed by atoms with E-state index in [0.29, 0.717) is 0 Å². The number of rotatable bonds is 6. The average molecular weight is 242 g/mol. The molecule has 0 aliphatic rings. The number of halogens is 1. The van der Waals surface area contributed by atoms with E-state index in [9.17, 15) is 0 Å². The minimum Gasteiger partial charge on any atom is -0.489 e. The lowest BCUT2D eigenvalue weighted by Crippen LogP contribution is -2.28. The molecule has 1 aromatic carbocycles. The smallest absolute Gasteiger partial charge is 0.120 e. The van der Waals surface area contributed by atoms with E-state index in [0.717, 1.165) is 35.7 Å². The van der Waals surface area contributed by atoms with Gasteiger partial charge in [-0.1, -0.05) is 25.4 Å². The molecule has 0 spiro atoms. The Labute approximate surface area is 103 Å². The van der Waals surface area contributed by atoms with Crippen LogP contribution in [0, 0.1) is 0 Å². The fourth-order valence-corrected chi connectivity index (χ4v) is 1.84. The highest BCUT2D eigenvalue weighted by Crippen LogP contribution is 2.23.